The molecule has 1 saturated heterocycles. The zero-order valence-electron chi connectivity index (χ0n) is 11.2. The molecule has 1 rings (SSSR count). The first-order valence-corrected chi connectivity index (χ1v) is 6.52. The Morgan fingerprint density at radius 2 is 1.83 bits per heavy atom. The Labute approximate surface area is 108 Å². The number of nitriles is 1. The molecular formula is C13H21N3O2. The number of nitrogens with one attached hydrogen (secondary N) is 1. The number of carbonyl (C=O) groups is 2. The number of rotatable bonds is 3. The highest BCUT2D eigenvalue weighted by Gasteiger charge is 2.34. The van der Waals surface area contributed by atoms with E-state index in [0.29, 0.717) is 18.5 Å². The van der Waals surface area contributed by atoms with Crippen LogP contribution in [0.15, 0.2) is 0 Å². The van der Waals surface area contributed by atoms with Crippen molar-refractivity contribution in [1.29, 1.82) is 5.26 Å². The van der Waals surface area contributed by atoms with E-state index in [-0.39, 0.29) is 6.54 Å². The number of likely N-dealkylation sites (tertiary alicyclic amines) is 1. The van der Waals surface area contributed by atoms with Crippen molar-refractivity contribution in [3.8, 4) is 6.07 Å². The van der Waals surface area contributed by atoms with Gasteiger partial charge >= 0.3 is 11.8 Å². The molecule has 1 heterocycles. The zero-order chi connectivity index (χ0) is 13.6. The van der Waals surface area contributed by atoms with Crippen LogP contribution in [0.4, 0.5) is 0 Å². The second-order valence-corrected chi connectivity index (χ2v) is 4.84. The Bertz CT molecular complexity index is 346. The number of nitrogens with zero attached hydrogens (tertiary/aromatic N) is 2. The van der Waals surface area contributed by atoms with Crippen LogP contribution in [0.25, 0.3) is 0 Å². The minimum absolute atomic E-state index is 0.119. The van der Waals surface area contributed by atoms with Crippen molar-refractivity contribution in [2.45, 2.75) is 39.5 Å². The highest BCUT2D eigenvalue weighted by molar-refractivity contribution is 6.35. The molecule has 0 bridgehead atoms. The Morgan fingerprint density at radius 1 is 1.28 bits per heavy atom. The van der Waals surface area contributed by atoms with Gasteiger partial charge < -0.3 is 10.2 Å². The largest absolute Gasteiger partial charge is 0.335 e. The summed E-state index contributed by atoms with van der Waals surface area (Å²) in [5, 5.41) is 10.6. The van der Waals surface area contributed by atoms with Crippen LogP contribution in [-0.2, 0) is 9.59 Å². The van der Waals surface area contributed by atoms with E-state index in [4.69, 9.17) is 5.26 Å². The Balaban J connectivity index is 2.50. The van der Waals surface area contributed by atoms with Crippen molar-refractivity contribution in [1.82, 2.24) is 10.2 Å². The Hall–Kier alpha value is -1.57. The van der Waals surface area contributed by atoms with E-state index in [1.807, 2.05) is 0 Å². The van der Waals surface area contributed by atoms with Crippen LogP contribution in [0.5, 0.6) is 0 Å². The summed E-state index contributed by atoms with van der Waals surface area (Å²) in [7, 11) is 0. The highest BCUT2D eigenvalue weighted by Crippen LogP contribution is 2.37. The number of hydrogen-bond acceptors (Lipinski definition) is 3. The van der Waals surface area contributed by atoms with Gasteiger partial charge in [0.05, 0.1) is 6.07 Å². The third-order valence-corrected chi connectivity index (χ3v) is 4.13. The topological polar surface area (TPSA) is 73.2 Å². The third-order valence-electron chi connectivity index (χ3n) is 4.13. The molecule has 2 amide bonds. The summed E-state index contributed by atoms with van der Waals surface area (Å²) in [5.41, 5.74) is 0.333. The maximum Gasteiger partial charge on any atom is 0.311 e. The second kappa shape index (κ2) is 6.39. The van der Waals surface area contributed by atoms with Gasteiger partial charge in [-0.25, -0.2) is 0 Å². The van der Waals surface area contributed by atoms with Crippen LogP contribution in [0.2, 0.25) is 0 Å². The lowest BCUT2D eigenvalue weighted by atomic mass is 9.74. The molecule has 0 saturated carbocycles. The fourth-order valence-electron chi connectivity index (χ4n) is 2.48. The lowest BCUT2D eigenvalue weighted by molar-refractivity contribution is -0.147. The standard InChI is InChI=1S/C13H21N3O2/c1-3-13(4-2)5-9-16(10-6-13)12(18)11(17)15-8-7-14/h3-6,8-10H2,1-2H3,(H,15,17). The molecule has 0 aliphatic carbocycles. The first-order valence-electron chi connectivity index (χ1n) is 6.52. The molecule has 0 aromatic carbocycles. The minimum atomic E-state index is -0.669. The zero-order valence-corrected chi connectivity index (χ0v) is 11.2. The maximum absolute atomic E-state index is 11.8. The molecule has 5 nitrogen and oxygen atoms in total. The van der Waals surface area contributed by atoms with Gasteiger partial charge in [0.25, 0.3) is 0 Å². The molecule has 100 valence electrons. The molecule has 1 N–H and O–H groups in total. The van der Waals surface area contributed by atoms with Crippen LogP contribution in [0.1, 0.15) is 39.5 Å². The molecule has 1 aliphatic heterocycles. The van der Waals surface area contributed by atoms with Gasteiger partial charge in [0.15, 0.2) is 0 Å². The Kier molecular flexibility index (Phi) is 5.14. The fraction of sp³-hybridized carbons (Fsp3) is 0.769. The summed E-state index contributed by atoms with van der Waals surface area (Å²) >= 11 is 0. The van der Waals surface area contributed by atoms with Crippen molar-refractivity contribution < 1.29 is 9.59 Å². The molecule has 1 fully saturated rings. The molecule has 5 heteroatoms. The molecule has 0 aromatic rings. The second-order valence-electron chi connectivity index (χ2n) is 4.84. The van der Waals surface area contributed by atoms with Crippen LogP contribution in [0.3, 0.4) is 0 Å². The average molecular weight is 251 g/mol. The van der Waals surface area contributed by atoms with Gasteiger partial charge in [0, 0.05) is 13.1 Å². The summed E-state index contributed by atoms with van der Waals surface area (Å²) in [4.78, 5) is 24.8. The molecular weight excluding hydrogens is 230 g/mol. The smallest absolute Gasteiger partial charge is 0.311 e. The van der Waals surface area contributed by atoms with E-state index in [1.54, 1.807) is 11.0 Å². The van der Waals surface area contributed by atoms with E-state index in [1.165, 1.54) is 0 Å². The summed E-state index contributed by atoms with van der Waals surface area (Å²) < 4.78 is 0. The normalized spacial score (nSPS) is 17.9. The summed E-state index contributed by atoms with van der Waals surface area (Å²) in [6.45, 7) is 5.52. The lowest BCUT2D eigenvalue weighted by Crippen LogP contribution is -2.48. The van der Waals surface area contributed by atoms with Crippen molar-refractivity contribution in [2.24, 2.45) is 5.41 Å². The average Bonchev–Trinajstić information content (AvgIpc) is 2.44. The first kappa shape index (κ1) is 14.5. The van der Waals surface area contributed by atoms with E-state index in [0.717, 1.165) is 25.7 Å². The number of piperidine rings is 1. The summed E-state index contributed by atoms with van der Waals surface area (Å²) in [6, 6.07) is 1.79. The molecule has 0 unspecified atom stereocenters. The van der Waals surface area contributed by atoms with Crippen LogP contribution in [0, 0.1) is 16.7 Å². The molecule has 0 aromatic heterocycles. The van der Waals surface area contributed by atoms with Gasteiger partial charge in [-0.1, -0.05) is 26.7 Å². The van der Waals surface area contributed by atoms with Gasteiger partial charge in [-0.15, -0.1) is 0 Å². The van der Waals surface area contributed by atoms with E-state index in [2.05, 4.69) is 19.2 Å². The molecule has 1 aliphatic rings. The van der Waals surface area contributed by atoms with E-state index < -0.39 is 11.8 Å². The van der Waals surface area contributed by atoms with Gasteiger partial charge in [-0.3, -0.25) is 9.59 Å². The number of amides is 2. The monoisotopic (exact) mass is 251 g/mol. The van der Waals surface area contributed by atoms with Gasteiger partial charge in [-0.2, -0.15) is 5.26 Å². The number of hydrogen-bond donors (Lipinski definition) is 1. The van der Waals surface area contributed by atoms with Crippen LogP contribution < -0.4 is 5.32 Å². The SMILES string of the molecule is CCC1(CC)CCN(C(=O)C(=O)NCC#N)CC1. The molecule has 0 spiro atoms. The van der Waals surface area contributed by atoms with Crippen molar-refractivity contribution in [2.75, 3.05) is 19.6 Å². The fourth-order valence-corrected chi connectivity index (χ4v) is 2.48. The van der Waals surface area contributed by atoms with Crippen molar-refractivity contribution in [3.05, 3.63) is 0 Å². The van der Waals surface area contributed by atoms with Gasteiger partial charge in [0.2, 0.25) is 0 Å². The maximum atomic E-state index is 11.8. The molecule has 18 heavy (non-hydrogen) atoms. The lowest BCUT2D eigenvalue weighted by Gasteiger charge is -2.40. The van der Waals surface area contributed by atoms with Crippen LogP contribution >= 0.6 is 0 Å². The minimum Gasteiger partial charge on any atom is -0.335 e. The quantitative estimate of drug-likeness (QED) is 0.602. The van der Waals surface area contributed by atoms with E-state index in [9.17, 15) is 9.59 Å². The van der Waals surface area contributed by atoms with Crippen LogP contribution in [-0.4, -0.2) is 36.3 Å². The van der Waals surface area contributed by atoms with Crippen molar-refractivity contribution >= 4 is 11.8 Å². The Morgan fingerprint density at radius 3 is 2.28 bits per heavy atom. The van der Waals surface area contributed by atoms with E-state index >= 15 is 0 Å². The number of carbonyl (C=O) groups excluding carboxylic acids is 2. The van der Waals surface area contributed by atoms with Gasteiger partial charge in [0.1, 0.15) is 6.54 Å². The molecule has 0 radical (unpaired) electrons. The summed E-state index contributed by atoms with van der Waals surface area (Å²) in [5.74, 6) is -1.18. The van der Waals surface area contributed by atoms with Crippen molar-refractivity contribution in [3.63, 3.8) is 0 Å². The first-order chi connectivity index (χ1) is 8.58. The predicted octanol–water partition coefficient (Wildman–Crippen LogP) is 1.05. The predicted molar refractivity (Wildman–Crippen MR) is 67.5 cm³/mol. The molecule has 0 atom stereocenters. The highest BCUT2D eigenvalue weighted by atomic mass is 16.2. The third kappa shape index (κ3) is 3.22. The van der Waals surface area contributed by atoms with Gasteiger partial charge in [-0.05, 0) is 18.3 Å². The summed E-state index contributed by atoms with van der Waals surface area (Å²) in [6.07, 6.45) is 4.15.